The van der Waals surface area contributed by atoms with Gasteiger partial charge in [0.1, 0.15) is 23.1 Å². The maximum absolute atomic E-state index is 13.9. The number of aliphatic hydroxyl groups is 1. The number of amides is 1. The number of aliphatic hydroxyl groups excluding tert-OH is 1. The Morgan fingerprint density at radius 3 is 2.35 bits per heavy atom. The molecule has 3 aromatic rings. The number of rotatable bonds is 5. The molecule has 1 aliphatic heterocycles. The molecule has 1 heterocycles. The average Bonchev–Trinajstić information content (AvgIpc) is 3.14. The number of methoxy groups -OCH3 is 2. The molecule has 0 saturated carbocycles. The van der Waals surface area contributed by atoms with Gasteiger partial charge in [0.15, 0.2) is 0 Å². The lowest BCUT2D eigenvalue weighted by molar-refractivity contribution is -0.132. The van der Waals surface area contributed by atoms with E-state index in [-0.39, 0.29) is 27.5 Å². The number of Topliss-reactive ketones (excluding diaryl/α,β-unsaturated/α-hetero) is 1. The van der Waals surface area contributed by atoms with E-state index in [0.717, 1.165) is 11.6 Å². The van der Waals surface area contributed by atoms with Crippen LogP contribution in [0.5, 0.6) is 11.5 Å². The number of hydrogen-bond acceptors (Lipinski definition) is 5. The van der Waals surface area contributed by atoms with E-state index in [1.165, 1.54) is 24.1 Å². The lowest BCUT2D eigenvalue weighted by Gasteiger charge is -2.26. The van der Waals surface area contributed by atoms with Gasteiger partial charge in [-0.25, -0.2) is 4.39 Å². The Bertz CT molecular complexity index is 1430. The van der Waals surface area contributed by atoms with Crippen LogP contribution in [0.3, 0.4) is 0 Å². The predicted octanol–water partition coefficient (Wildman–Crippen LogP) is 6.42. The maximum Gasteiger partial charge on any atom is 0.300 e. The summed E-state index contributed by atoms with van der Waals surface area (Å²) in [6, 6.07) is 14.7. The van der Waals surface area contributed by atoms with Gasteiger partial charge in [-0.15, -0.1) is 0 Å². The molecule has 0 spiro atoms. The summed E-state index contributed by atoms with van der Waals surface area (Å²) in [6.07, 6.45) is 0. The van der Waals surface area contributed by atoms with Crippen LogP contribution in [0.15, 0.2) is 66.2 Å². The monoisotopic (exact) mass is 523 g/mol. The highest BCUT2D eigenvalue weighted by Gasteiger charge is 2.47. The second kappa shape index (κ2) is 9.90. The third kappa shape index (κ3) is 4.79. The van der Waals surface area contributed by atoms with Crippen LogP contribution in [0.4, 0.5) is 10.1 Å². The summed E-state index contributed by atoms with van der Waals surface area (Å²) < 4.78 is 24.8. The van der Waals surface area contributed by atoms with Crippen molar-refractivity contribution in [2.75, 3.05) is 19.1 Å². The molecule has 192 valence electrons. The number of carbonyl (C=O) groups is 2. The van der Waals surface area contributed by atoms with Crippen molar-refractivity contribution in [2.24, 2.45) is 0 Å². The highest BCUT2D eigenvalue weighted by molar-refractivity contribution is 6.51. The van der Waals surface area contributed by atoms with Gasteiger partial charge in [-0.2, -0.15) is 0 Å². The third-order valence-corrected chi connectivity index (χ3v) is 6.61. The fraction of sp³-hybridized carbons (Fsp3) is 0.241. The minimum absolute atomic E-state index is 0.108. The zero-order valence-corrected chi connectivity index (χ0v) is 21.9. The Morgan fingerprint density at radius 1 is 1.00 bits per heavy atom. The Labute approximate surface area is 219 Å². The van der Waals surface area contributed by atoms with Crippen molar-refractivity contribution in [1.29, 1.82) is 0 Å². The molecule has 0 bridgehead atoms. The van der Waals surface area contributed by atoms with Crippen LogP contribution in [0, 0.1) is 5.82 Å². The van der Waals surface area contributed by atoms with E-state index in [1.54, 1.807) is 49.6 Å². The first kappa shape index (κ1) is 26.2. The van der Waals surface area contributed by atoms with Gasteiger partial charge in [-0.05, 0) is 59.5 Å². The Morgan fingerprint density at radius 2 is 1.73 bits per heavy atom. The van der Waals surface area contributed by atoms with Crippen molar-refractivity contribution in [3.63, 3.8) is 0 Å². The van der Waals surface area contributed by atoms with Gasteiger partial charge < -0.3 is 14.6 Å². The largest absolute Gasteiger partial charge is 0.507 e. The van der Waals surface area contributed by atoms with Crippen LogP contribution in [-0.2, 0) is 15.0 Å². The van der Waals surface area contributed by atoms with E-state index in [0.29, 0.717) is 22.6 Å². The summed E-state index contributed by atoms with van der Waals surface area (Å²) in [7, 11) is 3.06. The van der Waals surface area contributed by atoms with Crippen LogP contribution in [0.2, 0.25) is 5.02 Å². The molecule has 0 aliphatic carbocycles. The highest BCUT2D eigenvalue weighted by atomic mass is 35.5. The minimum Gasteiger partial charge on any atom is -0.507 e. The fourth-order valence-corrected chi connectivity index (χ4v) is 4.63. The van der Waals surface area contributed by atoms with Gasteiger partial charge in [0.25, 0.3) is 11.7 Å². The first-order chi connectivity index (χ1) is 17.5. The second-order valence-corrected chi connectivity index (χ2v) is 10.1. The van der Waals surface area contributed by atoms with E-state index >= 15 is 0 Å². The predicted molar refractivity (Wildman–Crippen MR) is 141 cm³/mol. The number of halogens is 2. The van der Waals surface area contributed by atoms with Crippen molar-refractivity contribution in [1.82, 2.24) is 0 Å². The maximum atomic E-state index is 13.9. The van der Waals surface area contributed by atoms with E-state index in [9.17, 15) is 19.1 Å². The van der Waals surface area contributed by atoms with Crippen LogP contribution in [0.25, 0.3) is 5.76 Å². The fourth-order valence-electron chi connectivity index (χ4n) is 4.46. The smallest absolute Gasteiger partial charge is 0.300 e. The zero-order chi connectivity index (χ0) is 27.1. The van der Waals surface area contributed by atoms with E-state index in [4.69, 9.17) is 21.1 Å². The average molecular weight is 524 g/mol. The number of carbonyl (C=O) groups excluding carboxylic acids is 2. The van der Waals surface area contributed by atoms with Gasteiger partial charge >= 0.3 is 0 Å². The molecule has 1 atom stereocenters. The second-order valence-electron chi connectivity index (χ2n) is 9.71. The molecule has 1 fully saturated rings. The van der Waals surface area contributed by atoms with Gasteiger partial charge in [0, 0.05) is 16.8 Å². The minimum atomic E-state index is -1.02. The van der Waals surface area contributed by atoms with Crippen LogP contribution < -0.4 is 14.4 Å². The molecule has 1 unspecified atom stereocenters. The molecule has 1 N–H and O–H groups in total. The van der Waals surface area contributed by atoms with Gasteiger partial charge in [0.05, 0.1) is 30.9 Å². The Kier molecular flexibility index (Phi) is 7.02. The number of benzene rings is 3. The molecular formula is C29H27ClFNO5. The molecule has 6 nitrogen and oxygen atoms in total. The number of nitrogens with zero attached hydrogens (tertiary/aromatic N) is 1. The van der Waals surface area contributed by atoms with Gasteiger partial charge in [-0.1, -0.05) is 44.5 Å². The summed E-state index contributed by atoms with van der Waals surface area (Å²) in [4.78, 5) is 28.0. The van der Waals surface area contributed by atoms with Crippen LogP contribution in [-0.4, -0.2) is 31.0 Å². The summed E-state index contributed by atoms with van der Waals surface area (Å²) >= 11 is 6.01. The molecule has 1 aliphatic rings. The molecule has 3 aromatic carbocycles. The third-order valence-electron chi connectivity index (χ3n) is 6.32. The topological polar surface area (TPSA) is 76.1 Å². The highest BCUT2D eigenvalue weighted by Crippen LogP contribution is 2.44. The first-order valence-electron chi connectivity index (χ1n) is 11.6. The molecular weight excluding hydrogens is 497 g/mol. The molecule has 0 aromatic heterocycles. The summed E-state index contributed by atoms with van der Waals surface area (Å²) in [5.41, 5.74) is 1.47. The molecule has 1 saturated heterocycles. The van der Waals surface area contributed by atoms with Crippen LogP contribution in [0.1, 0.15) is 43.5 Å². The Hall–Kier alpha value is -3.84. The van der Waals surface area contributed by atoms with E-state index in [2.05, 4.69) is 0 Å². The number of hydrogen-bond donors (Lipinski definition) is 1. The van der Waals surface area contributed by atoms with Crippen molar-refractivity contribution in [3.05, 3.63) is 93.8 Å². The summed E-state index contributed by atoms with van der Waals surface area (Å²) in [6.45, 7) is 6.01. The molecule has 1 amide bonds. The van der Waals surface area contributed by atoms with Gasteiger partial charge in [-0.3, -0.25) is 14.5 Å². The zero-order valence-electron chi connectivity index (χ0n) is 21.1. The first-order valence-corrected chi connectivity index (χ1v) is 11.9. The van der Waals surface area contributed by atoms with Gasteiger partial charge in [0.2, 0.25) is 0 Å². The Balaban J connectivity index is 1.98. The number of ketones is 1. The molecule has 37 heavy (non-hydrogen) atoms. The number of ether oxygens (including phenoxy) is 2. The lowest BCUT2D eigenvalue weighted by Crippen LogP contribution is -2.29. The lowest BCUT2D eigenvalue weighted by atomic mass is 9.84. The molecule has 0 radical (unpaired) electrons. The van der Waals surface area contributed by atoms with Crippen molar-refractivity contribution >= 4 is 34.7 Å². The SMILES string of the molecule is COc1cccc(C2/C(=C(/O)c3ccc(OC)c(C(C)(C)C)c3)C(=O)C(=O)N2c2ccc(F)c(Cl)c2)c1. The van der Waals surface area contributed by atoms with Crippen molar-refractivity contribution in [2.45, 2.75) is 32.2 Å². The van der Waals surface area contributed by atoms with Crippen molar-refractivity contribution < 1.29 is 28.6 Å². The molecule has 4 rings (SSSR count). The van der Waals surface area contributed by atoms with E-state index in [1.807, 2.05) is 20.8 Å². The standard InChI is InChI=1S/C29H27ClFNO5/c1-29(2,3)20-14-17(9-12-23(20)37-5)26(33)24-25(16-7-6-8-19(13-16)36-4)32(28(35)27(24)34)18-10-11-22(31)21(30)15-18/h6-15,25,33H,1-5H3/b26-24-. The summed E-state index contributed by atoms with van der Waals surface area (Å²) in [5.74, 6) is -1.61. The van der Waals surface area contributed by atoms with Crippen molar-refractivity contribution in [3.8, 4) is 11.5 Å². The quantitative estimate of drug-likeness (QED) is 0.237. The summed E-state index contributed by atoms with van der Waals surface area (Å²) in [5, 5.41) is 11.3. The normalized spacial score (nSPS) is 17.3. The molecule has 8 heteroatoms. The van der Waals surface area contributed by atoms with E-state index < -0.39 is 23.5 Å². The number of anilines is 1. The van der Waals surface area contributed by atoms with Crippen LogP contribution >= 0.6 is 11.6 Å².